The standard InChI is InChI=1S/C12H12BrN3O2/c1-3-16-10(7-14-15-16)12(17)9-6-8(13)4-5-11(9)18-2/h4-7H,3H2,1-2H3. The zero-order valence-corrected chi connectivity index (χ0v) is 11.6. The topological polar surface area (TPSA) is 57.0 Å². The van der Waals surface area contributed by atoms with Crippen molar-refractivity contribution in [3.8, 4) is 5.75 Å². The minimum Gasteiger partial charge on any atom is -0.496 e. The molecule has 1 heterocycles. The maximum atomic E-state index is 12.4. The molecule has 0 N–H and O–H groups in total. The fourth-order valence-corrected chi connectivity index (χ4v) is 2.02. The van der Waals surface area contributed by atoms with E-state index in [1.165, 1.54) is 13.3 Å². The number of hydrogen-bond donors (Lipinski definition) is 0. The SMILES string of the molecule is CCn1nncc1C(=O)c1cc(Br)ccc1OC. The first-order valence-corrected chi connectivity index (χ1v) is 6.23. The van der Waals surface area contributed by atoms with E-state index in [4.69, 9.17) is 4.74 Å². The van der Waals surface area contributed by atoms with Crippen molar-refractivity contribution in [2.24, 2.45) is 0 Å². The molecule has 0 saturated heterocycles. The van der Waals surface area contributed by atoms with E-state index in [2.05, 4.69) is 26.2 Å². The molecule has 0 fully saturated rings. The molecule has 0 radical (unpaired) electrons. The molecule has 0 unspecified atom stereocenters. The number of aromatic nitrogens is 3. The second kappa shape index (κ2) is 5.30. The smallest absolute Gasteiger partial charge is 0.216 e. The highest BCUT2D eigenvalue weighted by Gasteiger charge is 2.19. The summed E-state index contributed by atoms with van der Waals surface area (Å²) in [6, 6.07) is 5.30. The summed E-state index contributed by atoms with van der Waals surface area (Å²) < 4.78 is 7.58. The number of methoxy groups -OCH3 is 1. The second-order valence-electron chi connectivity index (χ2n) is 3.61. The molecule has 2 aromatic rings. The molecule has 0 aliphatic carbocycles. The fourth-order valence-electron chi connectivity index (χ4n) is 1.66. The average Bonchev–Trinajstić information content (AvgIpc) is 2.86. The predicted molar refractivity (Wildman–Crippen MR) is 69.8 cm³/mol. The first-order valence-electron chi connectivity index (χ1n) is 5.44. The van der Waals surface area contributed by atoms with Gasteiger partial charge >= 0.3 is 0 Å². The molecular formula is C12H12BrN3O2. The van der Waals surface area contributed by atoms with E-state index in [0.717, 1.165) is 4.47 Å². The maximum absolute atomic E-state index is 12.4. The fraction of sp³-hybridized carbons (Fsp3) is 0.250. The minimum absolute atomic E-state index is 0.153. The van der Waals surface area contributed by atoms with E-state index < -0.39 is 0 Å². The summed E-state index contributed by atoms with van der Waals surface area (Å²) in [7, 11) is 1.54. The number of aryl methyl sites for hydroxylation is 1. The Bertz CT molecular complexity index is 580. The van der Waals surface area contributed by atoms with Crippen LogP contribution in [-0.4, -0.2) is 27.9 Å². The zero-order chi connectivity index (χ0) is 13.1. The molecule has 2 rings (SSSR count). The van der Waals surface area contributed by atoms with Gasteiger partial charge in [0.2, 0.25) is 5.78 Å². The van der Waals surface area contributed by atoms with Crippen LogP contribution in [0.4, 0.5) is 0 Å². The van der Waals surface area contributed by atoms with Gasteiger partial charge < -0.3 is 4.74 Å². The van der Waals surface area contributed by atoms with Crippen molar-refractivity contribution in [1.29, 1.82) is 0 Å². The van der Waals surface area contributed by atoms with Gasteiger partial charge in [0.15, 0.2) is 0 Å². The number of hydrogen-bond acceptors (Lipinski definition) is 4. The summed E-state index contributed by atoms with van der Waals surface area (Å²) in [6.45, 7) is 2.50. The Morgan fingerprint density at radius 1 is 1.50 bits per heavy atom. The summed E-state index contributed by atoms with van der Waals surface area (Å²) in [5, 5.41) is 7.61. The molecule has 18 heavy (non-hydrogen) atoms. The van der Waals surface area contributed by atoms with Crippen molar-refractivity contribution in [2.45, 2.75) is 13.5 Å². The lowest BCUT2D eigenvalue weighted by atomic mass is 10.1. The molecule has 0 bridgehead atoms. The van der Waals surface area contributed by atoms with Gasteiger partial charge in [0.25, 0.3) is 0 Å². The van der Waals surface area contributed by atoms with E-state index in [9.17, 15) is 4.79 Å². The molecule has 6 heteroatoms. The van der Waals surface area contributed by atoms with E-state index in [1.807, 2.05) is 13.0 Å². The monoisotopic (exact) mass is 309 g/mol. The molecule has 94 valence electrons. The van der Waals surface area contributed by atoms with Crippen molar-refractivity contribution in [3.63, 3.8) is 0 Å². The number of benzene rings is 1. The lowest BCUT2D eigenvalue weighted by Crippen LogP contribution is -2.11. The molecular weight excluding hydrogens is 298 g/mol. The third kappa shape index (κ3) is 2.28. The third-order valence-electron chi connectivity index (χ3n) is 2.56. The van der Waals surface area contributed by atoms with Gasteiger partial charge in [-0.1, -0.05) is 21.1 Å². The molecule has 0 aliphatic heterocycles. The Morgan fingerprint density at radius 3 is 2.94 bits per heavy atom. The van der Waals surface area contributed by atoms with E-state index >= 15 is 0 Å². The number of ketones is 1. The van der Waals surface area contributed by atoms with Crippen molar-refractivity contribution < 1.29 is 9.53 Å². The van der Waals surface area contributed by atoms with Crippen LogP contribution < -0.4 is 4.74 Å². The number of ether oxygens (including phenoxy) is 1. The number of carbonyl (C=O) groups is 1. The van der Waals surface area contributed by atoms with Crippen LogP contribution >= 0.6 is 15.9 Å². The Balaban J connectivity index is 2.48. The van der Waals surface area contributed by atoms with Gasteiger partial charge in [0, 0.05) is 11.0 Å². The van der Waals surface area contributed by atoms with Crippen LogP contribution in [0.2, 0.25) is 0 Å². The third-order valence-corrected chi connectivity index (χ3v) is 3.05. The summed E-state index contributed by atoms with van der Waals surface area (Å²) in [6.07, 6.45) is 1.46. The quantitative estimate of drug-likeness (QED) is 0.813. The predicted octanol–water partition coefficient (Wildman–Crippen LogP) is 2.30. The molecule has 1 aromatic carbocycles. The van der Waals surface area contributed by atoms with Gasteiger partial charge in [-0.05, 0) is 25.1 Å². The Morgan fingerprint density at radius 2 is 2.28 bits per heavy atom. The van der Waals surface area contributed by atoms with Gasteiger partial charge in [0.1, 0.15) is 11.4 Å². The van der Waals surface area contributed by atoms with Crippen LogP contribution in [0.25, 0.3) is 0 Å². The van der Waals surface area contributed by atoms with Gasteiger partial charge in [-0.15, -0.1) is 5.10 Å². The van der Waals surface area contributed by atoms with Crippen LogP contribution in [0.15, 0.2) is 28.9 Å². The minimum atomic E-state index is -0.153. The lowest BCUT2D eigenvalue weighted by molar-refractivity contribution is 0.102. The van der Waals surface area contributed by atoms with Gasteiger partial charge in [-0.3, -0.25) is 4.79 Å². The van der Waals surface area contributed by atoms with Crippen molar-refractivity contribution >= 4 is 21.7 Å². The van der Waals surface area contributed by atoms with Crippen LogP contribution in [0, 0.1) is 0 Å². The molecule has 5 nitrogen and oxygen atoms in total. The van der Waals surface area contributed by atoms with E-state index in [-0.39, 0.29) is 5.78 Å². The molecule has 0 atom stereocenters. The molecule has 0 amide bonds. The van der Waals surface area contributed by atoms with Crippen LogP contribution in [0.3, 0.4) is 0 Å². The zero-order valence-electron chi connectivity index (χ0n) is 10.1. The average molecular weight is 310 g/mol. The molecule has 0 saturated carbocycles. The summed E-state index contributed by atoms with van der Waals surface area (Å²) in [4.78, 5) is 12.4. The number of halogens is 1. The lowest BCUT2D eigenvalue weighted by Gasteiger charge is -2.08. The summed E-state index contributed by atoms with van der Waals surface area (Å²) >= 11 is 3.35. The van der Waals surface area contributed by atoms with Crippen LogP contribution in [0.5, 0.6) is 5.75 Å². The van der Waals surface area contributed by atoms with Gasteiger partial charge in [-0.25, -0.2) is 4.68 Å². The Kier molecular flexibility index (Phi) is 3.76. The van der Waals surface area contributed by atoms with Crippen molar-refractivity contribution in [2.75, 3.05) is 7.11 Å². The van der Waals surface area contributed by atoms with E-state index in [1.54, 1.807) is 16.8 Å². The Labute approximate surface area is 113 Å². The number of nitrogens with zero attached hydrogens (tertiary/aromatic N) is 3. The van der Waals surface area contributed by atoms with Crippen molar-refractivity contribution in [1.82, 2.24) is 15.0 Å². The van der Waals surface area contributed by atoms with Crippen LogP contribution in [0.1, 0.15) is 23.0 Å². The second-order valence-corrected chi connectivity index (χ2v) is 4.52. The molecule has 1 aromatic heterocycles. The van der Waals surface area contributed by atoms with Crippen molar-refractivity contribution in [3.05, 3.63) is 40.1 Å². The number of rotatable bonds is 4. The normalized spacial score (nSPS) is 10.4. The Hall–Kier alpha value is -1.69. The van der Waals surface area contributed by atoms with Crippen LogP contribution in [-0.2, 0) is 6.54 Å². The largest absolute Gasteiger partial charge is 0.496 e. The highest BCUT2D eigenvalue weighted by Crippen LogP contribution is 2.25. The molecule has 0 spiro atoms. The first-order chi connectivity index (χ1) is 8.67. The molecule has 0 aliphatic rings. The number of carbonyl (C=O) groups excluding carboxylic acids is 1. The maximum Gasteiger partial charge on any atom is 0.216 e. The highest BCUT2D eigenvalue weighted by atomic mass is 79.9. The van der Waals surface area contributed by atoms with Gasteiger partial charge in [0.05, 0.1) is 18.9 Å². The first kappa shape index (κ1) is 12.8. The van der Waals surface area contributed by atoms with Gasteiger partial charge in [-0.2, -0.15) is 0 Å². The summed E-state index contributed by atoms with van der Waals surface area (Å²) in [5.74, 6) is 0.382. The van der Waals surface area contributed by atoms with E-state index in [0.29, 0.717) is 23.6 Å². The summed E-state index contributed by atoms with van der Waals surface area (Å²) in [5.41, 5.74) is 0.942. The highest BCUT2D eigenvalue weighted by molar-refractivity contribution is 9.10.